The second-order valence-corrected chi connectivity index (χ2v) is 5.02. The van der Waals surface area contributed by atoms with Crippen LogP contribution in [0.1, 0.15) is 16.3 Å². The van der Waals surface area contributed by atoms with Crippen LogP contribution in [0.3, 0.4) is 0 Å². The van der Waals surface area contributed by atoms with Crippen LogP contribution in [0.25, 0.3) is 0 Å². The summed E-state index contributed by atoms with van der Waals surface area (Å²) in [6.07, 6.45) is 1.65. The van der Waals surface area contributed by atoms with Crippen molar-refractivity contribution in [3.63, 3.8) is 0 Å². The monoisotopic (exact) mass is 266 g/mol. The fraction of sp³-hybridized carbons (Fsp3) is 0.400. The Labute approximate surface area is 108 Å². The van der Waals surface area contributed by atoms with Crippen molar-refractivity contribution in [1.29, 1.82) is 0 Å². The van der Waals surface area contributed by atoms with Crippen LogP contribution in [0.2, 0.25) is 0 Å². The number of hydrogen-bond acceptors (Lipinski definition) is 6. The Balaban J connectivity index is 1.96. The number of amides is 1. The Hall–Kier alpha value is -1.80. The van der Waals surface area contributed by atoms with Gasteiger partial charge in [-0.1, -0.05) is 5.21 Å². The molecule has 0 fully saturated rings. The number of aromatic nitrogens is 4. The molecule has 96 valence electrons. The second kappa shape index (κ2) is 5.23. The van der Waals surface area contributed by atoms with E-state index in [-0.39, 0.29) is 12.5 Å². The number of nitrogens with zero attached hydrogens (tertiary/aromatic N) is 4. The van der Waals surface area contributed by atoms with Gasteiger partial charge in [-0.15, -0.1) is 16.4 Å². The number of nitrogens with one attached hydrogen (secondary N) is 1. The van der Waals surface area contributed by atoms with Crippen LogP contribution in [-0.4, -0.2) is 25.9 Å². The summed E-state index contributed by atoms with van der Waals surface area (Å²) in [7, 11) is 0. The molecular formula is C10H14N6OS. The van der Waals surface area contributed by atoms with E-state index >= 15 is 0 Å². The summed E-state index contributed by atoms with van der Waals surface area (Å²) >= 11 is 1.45. The van der Waals surface area contributed by atoms with Crippen LogP contribution < -0.4 is 11.1 Å². The summed E-state index contributed by atoms with van der Waals surface area (Å²) in [6.45, 7) is 4.29. The predicted octanol–water partition coefficient (Wildman–Crippen LogP) is 0.449. The fourth-order valence-corrected chi connectivity index (χ4v) is 2.17. The molecule has 0 saturated heterocycles. The first-order valence-corrected chi connectivity index (χ1v) is 6.23. The molecule has 3 N–H and O–H groups in total. The van der Waals surface area contributed by atoms with E-state index in [9.17, 15) is 4.79 Å². The highest BCUT2D eigenvalue weighted by atomic mass is 32.1. The van der Waals surface area contributed by atoms with Crippen molar-refractivity contribution < 1.29 is 4.79 Å². The van der Waals surface area contributed by atoms with E-state index in [4.69, 9.17) is 5.73 Å². The molecule has 1 amide bonds. The Morgan fingerprint density at radius 1 is 1.56 bits per heavy atom. The van der Waals surface area contributed by atoms with Crippen LogP contribution in [-0.2, 0) is 17.9 Å². The van der Waals surface area contributed by atoms with Crippen molar-refractivity contribution in [3.05, 3.63) is 22.5 Å². The molecule has 2 rings (SSSR count). The fourth-order valence-electron chi connectivity index (χ4n) is 1.34. The molecule has 0 aromatic carbocycles. The highest BCUT2D eigenvalue weighted by molar-refractivity contribution is 7.15. The van der Waals surface area contributed by atoms with Crippen LogP contribution in [0, 0.1) is 13.8 Å². The Kier molecular flexibility index (Phi) is 3.68. The van der Waals surface area contributed by atoms with Gasteiger partial charge in [-0.3, -0.25) is 4.79 Å². The van der Waals surface area contributed by atoms with Crippen molar-refractivity contribution in [2.75, 3.05) is 5.32 Å². The zero-order valence-corrected chi connectivity index (χ0v) is 11.0. The maximum Gasteiger partial charge on any atom is 0.247 e. The van der Waals surface area contributed by atoms with Gasteiger partial charge in [0.2, 0.25) is 5.91 Å². The van der Waals surface area contributed by atoms with Crippen LogP contribution in [0.5, 0.6) is 0 Å². The predicted molar refractivity (Wildman–Crippen MR) is 68.1 cm³/mol. The normalized spacial score (nSPS) is 10.6. The molecule has 2 aromatic heterocycles. The maximum absolute atomic E-state index is 11.7. The number of aryl methyl sites for hydroxylation is 2. The molecule has 0 saturated carbocycles. The molecule has 18 heavy (non-hydrogen) atoms. The van der Waals surface area contributed by atoms with E-state index in [2.05, 4.69) is 20.6 Å². The molecule has 7 nitrogen and oxygen atoms in total. The second-order valence-electron chi connectivity index (χ2n) is 3.82. The molecule has 0 spiro atoms. The van der Waals surface area contributed by atoms with Gasteiger partial charge in [-0.05, 0) is 13.8 Å². The summed E-state index contributed by atoms with van der Waals surface area (Å²) in [6, 6.07) is 0. The third-order valence-electron chi connectivity index (χ3n) is 2.38. The molecule has 0 aliphatic carbocycles. The molecule has 0 atom stereocenters. The van der Waals surface area contributed by atoms with E-state index in [1.165, 1.54) is 16.0 Å². The summed E-state index contributed by atoms with van der Waals surface area (Å²) < 4.78 is 1.45. The summed E-state index contributed by atoms with van der Waals surface area (Å²) in [5, 5.41) is 10.9. The Bertz CT molecular complexity index is 541. The minimum atomic E-state index is -0.183. The smallest absolute Gasteiger partial charge is 0.247 e. The number of rotatable bonds is 4. The average molecular weight is 266 g/mol. The molecular weight excluding hydrogens is 252 g/mol. The van der Waals surface area contributed by atoms with E-state index in [1.807, 2.05) is 13.8 Å². The number of hydrogen-bond donors (Lipinski definition) is 2. The van der Waals surface area contributed by atoms with Gasteiger partial charge in [0, 0.05) is 11.4 Å². The third-order valence-corrected chi connectivity index (χ3v) is 3.36. The number of anilines is 1. The van der Waals surface area contributed by atoms with Crippen molar-refractivity contribution >= 4 is 22.4 Å². The van der Waals surface area contributed by atoms with Gasteiger partial charge in [0.25, 0.3) is 0 Å². The quantitative estimate of drug-likeness (QED) is 0.837. The lowest BCUT2D eigenvalue weighted by molar-refractivity contribution is -0.116. The van der Waals surface area contributed by atoms with Gasteiger partial charge in [-0.25, -0.2) is 9.67 Å². The first-order chi connectivity index (χ1) is 8.58. The van der Waals surface area contributed by atoms with Crippen molar-refractivity contribution in [2.45, 2.75) is 26.9 Å². The minimum absolute atomic E-state index is 0.102. The highest BCUT2D eigenvalue weighted by Gasteiger charge is 2.09. The summed E-state index contributed by atoms with van der Waals surface area (Å²) in [5.74, 6) is -0.183. The molecule has 8 heteroatoms. The van der Waals surface area contributed by atoms with Gasteiger partial charge >= 0.3 is 0 Å². The first-order valence-electron chi connectivity index (χ1n) is 5.41. The molecule has 0 radical (unpaired) electrons. The molecule has 0 aliphatic rings. The highest BCUT2D eigenvalue weighted by Crippen LogP contribution is 2.20. The lowest BCUT2D eigenvalue weighted by Crippen LogP contribution is -2.19. The Morgan fingerprint density at radius 2 is 2.33 bits per heavy atom. The van der Waals surface area contributed by atoms with Gasteiger partial charge in [0.1, 0.15) is 6.54 Å². The van der Waals surface area contributed by atoms with E-state index in [0.717, 1.165) is 10.6 Å². The molecule has 2 heterocycles. The van der Waals surface area contributed by atoms with Crippen LogP contribution >= 0.6 is 11.3 Å². The minimum Gasteiger partial charge on any atom is -0.325 e. The number of carbonyl (C=O) groups excluding carboxylic acids is 1. The van der Waals surface area contributed by atoms with Gasteiger partial charge < -0.3 is 11.1 Å². The average Bonchev–Trinajstić information content (AvgIpc) is 2.87. The van der Waals surface area contributed by atoms with Gasteiger partial charge in [0.05, 0.1) is 17.6 Å². The van der Waals surface area contributed by atoms with Crippen LogP contribution in [0.4, 0.5) is 5.13 Å². The molecule has 0 bridgehead atoms. The number of thiazole rings is 1. The first kappa shape index (κ1) is 12.7. The zero-order valence-electron chi connectivity index (χ0n) is 10.2. The molecule has 0 unspecified atom stereocenters. The third kappa shape index (κ3) is 2.90. The zero-order chi connectivity index (χ0) is 13.1. The Morgan fingerprint density at radius 3 is 2.89 bits per heavy atom. The van der Waals surface area contributed by atoms with Crippen LogP contribution in [0.15, 0.2) is 6.20 Å². The van der Waals surface area contributed by atoms with Crippen molar-refractivity contribution in [2.24, 2.45) is 5.73 Å². The summed E-state index contributed by atoms with van der Waals surface area (Å²) in [5.41, 5.74) is 7.00. The largest absolute Gasteiger partial charge is 0.325 e. The van der Waals surface area contributed by atoms with Gasteiger partial charge in [-0.2, -0.15) is 0 Å². The maximum atomic E-state index is 11.7. The lowest BCUT2D eigenvalue weighted by Gasteiger charge is -2.00. The lowest BCUT2D eigenvalue weighted by atomic mass is 10.4. The number of nitrogens with two attached hydrogens (primary N) is 1. The topological polar surface area (TPSA) is 98.7 Å². The van der Waals surface area contributed by atoms with E-state index in [0.29, 0.717) is 17.4 Å². The van der Waals surface area contributed by atoms with E-state index < -0.39 is 0 Å². The van der Waals surface area contributed by atoms with Crippen molar-refractivity contribution in [1.82, 2.24) is 20.0 Å². The standard InChI is InChI=1S/C10H14N6OS/c1-6-7(2)18-10(12-6)13-9(17)5-16-4-8(3-11)14-15-16/h4H,3,5,11H2,1-2H3,(H,12,13,17). The SMILES string of the molecule is Cc1nc(NC(=O)Cn2cc(CN)nn2)sc1C. The molecule has 2 aromatic rings. The van der Waals surface area contributed by atoms with Gasteiger partial charge in [0.15, 0.2) is 5.13 Å². The number of carbonyl (C=O) groups is 1. The van der Waals surface area contributed by atoms with Crippen molar-refractivity contribution in [3.8, 4) is 0 Å². The van der Waals surface area contributed by atoms with E-state index in [1.54, 1.807) is 6.20 Å². The summed E-state index contributed by atoms with van der Waals surface area (Å²) in [4.78, 5) is 17.1. The molecule has 0 aliphatic heterocycles.